The first-order chi connectivity index (χ1) is 10.4. The van der Waals surface area contributed by atoms with Crippen LogP contribution in [-0.2, 0) is 6.42 Å². The van der Waals surface area contributed by atoms with Crippen molar-refractivity contribution < 1.29 is 4.74 Å². The quantitative estimate of drug-likeness (QED) is 0.548. The van der Waals surface area contributed by atoms with Crippen molar-refractivity contribution in [2.45, 2.75) is 31.7 Å². The van der Waals surface area contributed by atoms with E-state index < -0.39 is 0 Å². The number of rotatable bonds is 9. The molecule has 0 bridgehead atoms. The van der Waals surface area contributed by atoms with Crippen molar-refractivity contribution in [1.82, 2.24) is 5.43 Å². The van der Waals surface area contributed by atoms with Crippen molar-refractivity contribution >= 4 is 0 Å². The summed E-state index contributed by atoms with van der Waals surface area (Å²) < 4.78 is 5.71. The van der Waals surface area contributed by atoms with E-state index in [1.807, 2.05) is 30.3 Å². The van der Waals surface area contributed by atoms with Gasteiger partial charge in [-0.2, -0.15) is 0 Å². The summed E-state index contributed by atoms with van der Waals surface area (Å²) in [5.41, 5.74) is 4.28. The van der Waals surface area contributed by atoms with Crippen LogP contribution in [0.4, 0.5) is 0 Å². The number of hydrogen-bond acceptors (Lipinski definition) is 3. The summed E-state index contributed by atoms with van der Waals surface area (Å²) in [4.78, 5) is 0. The number of hydrazine groups is 1. The zero-order valence-electron chi connectivity index (χ0n) is 12.4. The molecule has 0 aliphatic rings. The van der Waals surface area contributed by atoms with Crippen LogP contribution in [0.1, 0.15) is 24.8 Å². The Kier molecular flexibility index (Phi) is 6.78. The molecule has 0 aliphatic heterocycles. The summed E-state index contributed by atoms with van der Waals surface area (Å²) >= 11 is 0. The highest BCUT2D eigenvalue weighted by Crippen LogP contribution is 2.11. The SMILES string of the molecule is NNC(CCCc1ccccc1)CCOc1ccccc1. The Balaban J connectivity index is 1.64. The molecule has 0 radical (unpaired) electrons. The van der Waals surface area contributed by atoms with Gasteiger partial charge in [0.25, 0.3) is 0 Å². The number of nitrogens with two attached hydrogens (primary N) is 1. The van der Waals surface area contributed by atoms with Crippen LogP contribution in [0.25, 0.3) is 0 Å². The second-order valence-electron chi connectivity index (χ2n) is 5.19. The van der Waals surface area contributed by atoms with Gasteiger partial charge >= 0.3 is 0 Å². The lowest BCUT2D eigenvalue weighted by Crippen LogP contribution is -2.36. The smallest absolute Gasteiger partial charge is 0.119 e. The van der Waals surface area contributed by atoms with Crippen LogP contribution in [0, 0.1) is 0 Å². The lowest BCUT2D eigenvalue weighted by molar-refractivity contribution is 0.280. The van der Waals surface area contributed by atoms with Gasteiger partial charge in [0.15, 0.2) is 0 Å². The summed E-state index contributed by atoms with van der Waals surface area (Å²) in [6, 6.07) is 20.8. The Hall–Kier alpha value is -1.84. The number of ether oxygens (including phenoxy) is 1. The minimum absolute atomic E-state index is 0.303. The molecule has 0 saturated carbocycles. The fourth-order valence-electron chi connectivity index (χ4n) is 2.34. The average molecular weight is 284 g/mol. The van der Waals surface area contributed by atoms with E-state index in [9.17, 15) is 0 Å². The topological polar surface area (TPSA) is 47.3 Å². The Morgan fingerprint density at radius 2 is 1.57 bits per heavy atom. The molecule has 1 atom stereocenters. The van der Waals surface area contributed by atoms with E-state index >= 15 is 0 Å². The number of benzene rings is 2. The lowest BCUT2D eigenvalue weighted by Gasteiger charge is -2.16. The van der Waals surface area contributed by atoms with Crippen molar-refractivity contribution in [1.29, 1.82) is 0 Å². The minimum atomic E-state index is 0.303. The summed E-state index contributed by atoms with van der Waals surface area (Å²) in [5, 5.41) is 0. The van der Waals surface area contributed by atoms with E-state index in [2.05, 4.69) is 35.8 Å². The monoisotopic (exact) mass is 284 g/mol. The molecule has 0 saturated heterocycles. The van der Waals surface area contributed by atoms with Crippen molar-refractivity contribution in [3.8, 4) is 5.75 Å². The molecule has 0 spiro atoms. The molecule has 2 aromatic carbocycles. The maximum atomic E-state index is 5.71. The number of nitrogens with one attached hydrogen (secondary N) is 1. The van der Waals surface area contributed by atoms with Crippen molar-refractivity contribution in [3.05, 3.63) is 66.2 Å². The zero-order chi connectivity index (χ0) is 14.8. The molecule has 112 valence electrons. The zero-order valence-corrected chi connectivity index (χ0v) is 12.4. The molecule has 2 aromatic rings. The third kappa shape index (κ3) is 5.98. The van der Waals surface area contributed by atoms with Crippen LogP contribution < -0.4 is 16.0 Å². The number of para-hydroxylation sites is 1. The van der Waals surface area contributed by atoms with Gasteiger partial charge in [-0.1, -0.05) is 48.5 Å². The van der Waals surface area contributed by atoms with Crippen molar-refractivity contribution in [2.75, 3.05) is 6.61 Å². The van der Waals surface area contributed by atoms with Crippen LogP contribution in [-0.4, -0.2) is 12.6 Å². The Labute approximate surface area is 127 Å². The fraction of sp³-hybridized carbons (Fsp3) is 0.333. The van der Waals surface area contributed by atoms with Gasteiger partial charge in [0.2, 0.25) is 0 Å². The number of hydrogen-bond donors (Lipinski definition) is 2. The second kappa shape index (κ2) is 9.16. The molecule has 1 unspecified atom stereocenters. The van der Waals surface area contributed by atoms with E-state index in [0.717, 1.165) is 31.4 Å². The van der Waals surface area contributed by atoms with Gasteiger partial charge < -0.3 is 4.74 Å². The molecule has 0 aliphatic carbocycles. The summed E-state index contributed by atoms with van der Waals surface area (Å²) in [7, 11) is 0. The lowest BCUT2D eigenvalue weighted by atomic mass is 10.0. The largest absolute Gasteiger partial charge is 0.494 e. The van der Waals surface area contributed by atoms with Crippen LogP contribution in [0.3, 0.4) is 0 Å². The van der Waals surface area contributed by atoms with Crippen LogP contribution in [0.2, 0.25) is 0 Å². The molecule has 0 fully saturated rings. The highest BCUT2D eigenvalue weighted by Gasteiger charge is 2.06. The first-order valence-electron chi connectivity index (χ1n) is 7.56. The Bertz CT molecular complexity index is 442. The predicted octanol–water partition coefficient (Wildman–Crippen LogP) is 3.31. The van der Waals surface area contributed by atoms with Crippen LogP contribution >= 0.6 is 0 Å². The average Bonchev–Trinajstić information content (AvgIpc) is 2.55. The molecular formula is C18H24N2O. The van der Waals surface area contributed by atoms with Crippen molar-refractivity contribution in [2.24, 2.45) is 5.84 Å². The second-order valence-corrected chi connectivity index (χ2v) is 5.19. The molecule has 3 heteroatoms. The van der Waals surface area contributed by atoms with Crippen LogP contribution in [0.15, 0.2) is 60.7 Å². The first kappa shape index (κ1) is 15.5. The Morgan fingerprint density at radius 3 is 2.24 bits per heavy atom. The van der Waals surface area contributed by atoms with Gasteiger partial charge in [-0.3, -0.25) is 11.3 Å². The van der Waals surface area contributed by atoms with Gasteiger partial charge in [-0.15, -0.1) is 0 Å². The minimum Gasteiger partial charge on any atom is -0.494 e. The Morgan fingerprint density at radius 1 is 0.905 bits per heavy atom. The maximum Gasteiger partial charge on any atom is 0.119 e. The van der Waals surface area contributed by atoms with Crippen LogP contribution in [0.5, 0.6) is 5.75 Å². The van der Waals surface area contributed by atoms with Crippen molar-refractivity contribution in [3.63, 3.8) is 0 Å². The third-order valence-corrected chi connectivity index (χ3v) is 3.57. The molecule has 2 rings (SSSR count). The van der Waals surface area contributed by atoms with Gasteiger partial charge in [-0.25, -0.2) is 0 Å². The molecule has 3 N–H and O–H groups in total. The summed E-state index contributed by atoms with van der Waals surface area (Å²) in [6.45, 7) is 0.685. The van der Waals surface area contributed by atoms with E-state index in [1.165, 1.54) is 5.56 Å². The highest BCUT2D eigenvalue weighted by molar-refractivity contribution is 5.20. The van der Waals surface area contributed by atoms with E-state index in [0.29, 0.717) is 12.6 Å². The van der Waals surface area contributed by atoms with Gasteiger partial charge in [0, 0.05) is 6.04 Å². The maximum absolute atomic E-state index is 5.71. The number of aryl methyl sites for hydroxylation is 1. The fourth-order valence-corrected chi connectivity index (χ4v) is 2.34. The summed E-state index contributed by atoms with van der Waals surface area (Å²) in [6.07, 6.45) is 4.20. The molecule has 0 amide bonds. The molecule has 0 aromatic heterocycles. The highest BCUT2D eigenvalue weighted by atomic mass is 16.5. The van der Waals surface area contributed by atoms with E-state index in [1.54, 1.807) is 0 Å². The predicted molar refractivity (Wildman–Crippen MR) is 87.0 cm³/mol. The molecular weight excluding hydrogens is 260 g/mol. The van der Waals surface area contributed by atoms with Gasteiger partial charge in [0.1, 0.15) is 5.75 Å². The standard InChI is InChI=1S/C18H24N2O/c19-20-17(11-7-10-16-8-3-1-4-9-16)14-15-21-18-12-5-2-6-13-18/h1-6,8-9,12-13,17,20H,7,10-11,14-15,19H2. The van der Waals surface area contributed by atoms with E-state index in [4.69, 9.17) is 10.6 Å². The normalized spacial score (nSPS) is 12.0. The van der Waals surface area contributed by atoms with E-state index in [-0.39, 0.29) is 0 Å². The molecule has 0 heterocycles. The third-order valence-electron chi connectivity index (χ3n) is 3.57. The summed E-state index contributed by atoms with van der Waals surface area (Å²) in [5.74, 6) is 6.54. The van der Waals surface area contributed by atoms with Gasteiger partial charge in [0.05, 0.1) is 6.61 Å². The van der Waals surface area contributed by atoms with Gasteiger partial charge in [-0.05, 0) is 43.4 Å². The molecule has 21 heavy (non-hydrogen) atoms. The first-order valence-corrected chi connectivity index (χ1v) is 7.56. The molecule has 3 nitrogen and oxygen atoms in total.